The second-order valence-electron chi connectivity index (χ2n) is 4.69. The highest BCUT2D eigenvalue weighted by Crippen LogP contribution is 2.29. The van der Waals surface area contributed by atoms with Crippen LogP contribution >= 0.6 is 15.9 Å². The van der Waals surface area contributed by atoms with Gasteiger partial charge in [0.25, 0.3) is 0 Å². The van der Waals surface area contributed by atoms with E-state index < -0.39 is 21.8 Å². The van der Waals surface area contributed by atoms with Crippen LogP contribution in [-0.4, -0.2) is 36.9 Å². The summed E-state index contributed by atoms with van der Waals surface area (Å²) < 4.78 is 31.5. The summed E-state index contributed by atoms with van der Waals surface area (Å²) in [6.45, 7) is 6.52. The molecule has 0 amide bonds. The van der Waals surface area contributed by atoms with Crippen molar-refractivity contribution in [3.63, 3.8) is 0 Å². The lowest BCUT2D eigenvalue weighted by molar-refractivity contribution is 0.0661. The summed E-state index contributed by atoms with van der Waals surface area (Å²) in [6, 6.07) is 1.04. The van der Waals surface area contributed by atoms with Crippen LogP contribution in [0.15, 0.2) is 20.0 Å². The van der Waals surface area contributed by atoms with Crippen LogP contribution in [0.5, 0.6) is 0 Å². The Labute approximate surface area is 133 Å². The molecule has 1 aromatic rings. The first kappa shape index (κ1) is 18.2. The molecule has 1 aromatic heterocycles. The Morgan fingerprint density at radius 3 is 2.33 bits per heavy atom. The second-order valence-corrected chi connectivity index (χ2v) is 7.32. The van der Waals surface area contributed by atoms with E-state index in [1.807, 2.05) is 13.8 Å². The molecule has 0 aliphatic carbocycles. The summed E-state index contributed by atoms with van der Waals surface area (Å²) in [5, 5.41) is 8.88. The maximum Gasteiger partial charge on any atom is 0.371 e. The van der Waals surface area contributed by atoms with Gasteiger partial charge in [0.05, 0.1) is 0 Å². The number of hydrogen-bond donors (Lipinski definition) is 1. The number of carbonyl (C=O) groups is 1. The average Bonchev–Trinajstić information content (AvgIpc) is 2.83. The lowest BCUT2D eigenvalue weighted by Crippen LogP contribution is -2.35. The number of sulfonamides is 1. The molecule has 0 saturated carbocycles. The van der Waals surface area contributed by atoms with Crippen molar-refractivity contribution in [1.82, 2.24) is 4.31 Å². The monoisotopic (exact) mass is 381 g/mol. The third-order valence-electron chi connectivity index (χ3n) is 3.45. The summed E-state index contributed by atoms with van der Waals surface area (Å²) in [6.07, 6.45) is 1.77. The van der Waals surface area contributed by atoms with Crippen molar-refractivity contribution in [1.29, 1.82) is 0 Å². The van der Waals surface area contributed by atoms with Crippen LogP contribution in [0.4, 0.5) is 0 Å². The molecule has 6 nitrogen and oxygen atoms in total. The first-order chi connectivity index (χ1) is 9.77. The van der Waals surface area contributed by atoms with Crippen LogP contribution in [0.1, 0.15) is 44.2 Å². The van der Waals surface area contributed by atoms with Gasteiger partial charge in [-0.3, -0.25) is 0 Å². The number of halogens is 1. The van der Waals surface area contributed by atoms with E-state index in [-0.39, 0.29) is 15.5 Å². The lowest BCUT2D eigenvalue weighted by Gasteiger charge is -2.24. The van der Waals surface area contributed by atoms with E-state index in [1.165, 1.54) is 4.31 Å². The molecule has 0 aliphatic rings. The van der Waals surface area contributed by atoms with E-state index >= 15 is 0 Å². The normalized spacial score (nSPS) is 12.3. The van der Waals surface area contributed by atoms with Crippen LogP contribution in [0.3, 0.4) is 0 Å². The molecular weight excluding hydrogens is 362 g/mol. The minimum Gasteiger partial charge on any atom is -0.475 e. The van der Waals surface area contributed by atoms with Crippen LogP contribution in [0, 0.1) is 5.92 Å². The number of hydrogen-bond acceptors (Lipinski definition) is 4. The van der Waals surface area contributed by atoms with Crippen LogP contribution in [-0.2, 0) is 10.0 Å². The Balaban J connectivity index is 3.15. The number of carboxylic acids is 1. The van der Waals surface area contributed by atoms with Crippen molar-refractivity contribution in [2.75, 3.05) is 13.1 Å². The third-order valence-corrected chi connectivity index (χ3v) is 6.25. The molecule has 21 heavy (non-hydrogen) atoms. The maximum atomic E-state index is 12.6. The molecule has 0 aromatic carbocycles. The van der Waals surface area contributed by atoms with Crippen LogP contribution in [0.25, 0.3) is 0 Å². The van der Waals surface area contributed by atoms with E-state index in [1.54, 1.807) is 6.92 Å². The fraction of sp³-hybridized carbons (Fsp3) is 0.615. The van der Waals surface area contributed by atoms with E-state index in [0.29, 0.717) is 13.1 Å². The van der Waals surface area contributed by atoms with Crippen molar-refractivity contribution in [2.45, 2.75) is 38.5 Å². The minimum absolute atomic E-state index is 0.0807. The third kappa shape index (κ3) is 4.08. The molecule has 0 spiro atoms. The second kappa shape index (κ2) is 7.42. The molecule has 1 heterocycles. The van der Waals surface area contributed by atoms with Gasteiger partial charge < -0.3 is 9.52 Å². The Hall–Kier alpha value is -0.860. The Kier molecular flexibility index (Phi) is 6.42. The summed E-state index contributed by atoms with van der Waals surface area (Å²) in [5.74, 6) is -1.44. The molecule has 0 bridgehead atoms. The Bertz CT molecular complexity index is 592. The molecule has 0 aliphatic heterocycles. The minimum atomic E-state index is -3.78. The van der Waals surface area contributed by atoms with Gasteiger partial charge in [0, 0.05) is 19.2 Å². The lowest BCUT2D eigenvalue weighted by atomic mass is 10.0. The number of furan rings is 1. The van der Waals surface area contributed by atoms with E-state index in [2.05, 4.69) is 15.9 Å². The molecule has 0 saturated heterocycles. The largest absolute Gasteiger partial charge is 0.475 e. The summed E-state index contributed by atoms with van der Waals surface area (Å²) >= 11 is 2.98. The number of aromatic carboxylic acids is 1. The standard InChI is InChI=1S/C13H20BrNO5S/c1-4-9(5-2)8-15(6-3)21(18,19)11-7-10(13(16)17)20-12(11)14/h7,9H,4-6,8H2,1-3H3,(H,16,17). The van der Waals surface area contributed by atoms with Crippen molar-refractivity contribution in [3.8, 4) is 0 Å². The van der Waals surface area contributed by atoms with Crippen LogP contribution < -0.4 is 0 Å². The summed E-state index contributed by atoms with van der Waals surface area (Å²) in [5.41, 5.74) is 0. The fourth-order valence-electron chi connectivity index (χ4n) is 2.00. The molecule has 0 atom stereocenters. The SMILES string of the molecule is CCC(CC)CN(CC)S(=O)(=O)c1cc(C(=O)O)oc1Br. The predicted octanol–water partition coefficient (Wildman–Crippen LogP) is 3.19. The number of rotatable bonds is 8. The number of carboxylic acid groups (broad SMARTS) is 1. The molecule has 0 radical (unpaired) electrons. The van der Waals surface area contributed by atoms with Gasteiger partial charge in [-0.25, -0.2) is 13.2 Å². The quantitative estimate of drug-likeness (QED) is 0.746. The van der Waals surface area contributed by atoms with Gasteiger partial charge in [-0.05, 0) is 21.8 Å². The summed E-state index contributed by atoms with van der Waals surface area (Å²) in [7, 11) is -3.78. The van der Waals surface area contributed by atoms with Crippen LogP contribution in [0.2, 0.25) is 0 Å². The zero-order valence-electron chi connectivity index (χ0n) is 12.3. The van der Waals surface area contributed by atoms with Crippen molar-refractivity contribution in [3.05, 3.63) is 16.5 Å². The van der Waals surface area contributed by atoms with E-state index in [9.17, 15) is 13.2 Å². The molecule has 1 rings (SSSR count). The topological polar surface area (TPSA) is 87.8 Å². The zero-order chi connectivity index (χ0) is 16.2. The Morgan fingerprint density at radius 2 is 1.95 bits per heavy atom. The molecule has 0 fully saturated rings. The van der Waals surface area contributed by atoms with E-state index in [4.69, 9.17) is 9.52 Å². The van der Waals surface area contributed by atoms with Gasteiger partial charge in [-0.1, -0.05) is 33.6 Å². The van der Waals surface area contributed by atoms with Gasteiger partial charge in [0.2, 0.25) is 15.8 Å². The van der Waals surface area contributed by atoms with Gasteiger partial charge >= 0.3 is 5.97 Å². The van der Waals surface area contributed by atoms with Crippen molar-refractivity contribution in [2.24, 2.45) is 5.92 Å². The fourth-order valence-corrected chi connectivity index (χ4v) is 4.43. The summed E-state index contributed by atoms with van der Waals surface area (Å²) in [4.78, 5) is 10.7. The Morgan fingerprint density at radius 1 is 1.38 bits per heavy atom. The van der Waals surface area contributed by atoms with Crippen molar-refractivity contribution >= 4 is 31.9 Å². The van der Waals surface area contributed by atoms with Crippen molar-refractivity contribution < 1.29 is 22.7 Å². The van der Waals surface area contributed by atoms with Gasteiger partial charge in [0.15, 0.2) is 4.67 Å². The van der Waals surface area contributed by atoms with Gasteiger partial charge in [0.1, 0.15) is 4.90 Å². The number of nitrogens with zero attached hydrogens (tertiary/aromatic N) is 1. The highest BCUT2D eigenvalue weighted by Gasteiger charge is 2.30. The van der Waals surface area contributed by atoms with E-state index in [0.717, 1.165) is 18.9 Å². The van der Waals surface area contributed by atoms with Gasteiger partial charge in [-0.2, -0.15) is 4.31 Å². The smallest absolute Gasteiger partial charge is 0.371 e. The molecule has 120 valence electrons. The highest BCUT2D eigenvalue weighted by atomic mass is 79.9. The first-order valence-electron chi connectivity index (χ1n) is 6.80. The molecule has 0 unspecified atom stereocenters. The molecule has 8 heteroatoms. The molecule has 1 N–H and O–H groups in total. The predicted molar refractivity (Wildman–Crippen MR) is 81.9 cm³/mol. The maximum absolute atomic E-state index is 12.6. The zero-order valence-corrected chi connectivity index (χ0v) is 14.7. The highest BCUT2D eigenvalue weighted by molar-refractivity contribution is 9.10. The van der Waals surface area contributed by atoms with Gasteiger partial charge in [-0.15, -0.1) is 0 Å². The first-order valence-corrected chi connectivity index (χ1v) is 9.03. The molecular formula is C13H20BrNO5S. The average molecular weight is 382 g/mol.